The van der Waals surface area contributed by atoms with E-state index >= 15 is 0 Å². The van der Waals surface area contributed by atoms with E-state index in [0.717, 1.165) is 0 Å². The smallest absolute Gasteiger partial charge is 0.112 e. The quantitative estimate of drug-likeness (QED) is 0.690. The Morgan fingerprint density at radius 1 is 1.00 bits per heavy atom. The molecule has 2 atom stereocenters. The largest absolute Gasteiger partial charge is 0.358 e. The van der Waals surface area contributed by atoms with Crippen molar-refractivity contribution in [1.82, 2.24) is 4.90 Å². The summed E-state index contributed by atoms with van der Waals surface area (Å²) in [5.74, 6) is 0.546. The first kappa shape index (κ1) is 10.0. The highest BCUT2D eigenvalue weighted by Crippen LogP contribution is 2.45. The predicted molar refractivity (Wildman–Crippen MR) is 75.5 cm³/mol. The fraction of sp³-hybridized carbons (Fsp3) is 0.250. The average Bonchev–Trinajstić information content (AvgIpc) is 2.89. The van der Waals surface area contributed by atoms with Gasteiger partial charge < -0.3 is 9.80 Å². The van der Waals surface area contributed by atoms with Crippen LogP contribution in [0.2, 0.25) is 0 Å². The zero-order valence-electron chi connectivity index (χ0n) is 10.7. The number of likely N-dealkylation sites (N-methyl/N-ethyl adjacent to an activating group) is 1. The molecule has 0 amide bonds. The lowest BCUT2D eigenvalue weighted by molar-refractivity contribution is 0.333. The van der Waals surface area contributed by atoms with Crippen molar-refractivity contribution in [2.75, 3.05) is 11.9 Å². The van der Waals surface area contributed by atoms with Gasteiger partial charge in [-0.2, -0.15) is 0 Å². The molecule has 18 heavy (non-hydrogen) atoms. The highest BCUT2D eigenvalue weighted by atomic mass is 15.4. The topological polar surface area (TPSA) is 6.48 Å². The Balaban J connectivity index is 1.98. The molecule has 90 valence electrons. The lowest BCUT2D eigenvalue weighted by atomic mass is 9.97. The molecule has 4 rings (SSSR count). The first-order valence-electron chi connectivity index (χ1n) is 6.47. The normalized spacial score (nSPS) is 24.8. The second-order valence-electron chi connectivity index (χ2n) is 5.33. The van der Waals surface area contributed by atoms with E-state index in [1.165, 1.54) is 22.0 Å². The second-order valence-corrected chi connectivity index (χ2v) is 5.33. The van der Waals surface area contributed by atoms with Crippen LogP contribution in [-0.4, -0.2) is 18.1 Å². The van der Waals surface area contributed by atoms with Crippen LogP contribution in [0, 0.1) is 0 Å². The van der Waals surface area contributed by atoms with Crippen molar-refractivity contribution >= 4 is 16.5 Å². The van der Waals surface area contributed by atoms with Gasteiger partial charge in [0.25, 0.3) is 0 Å². The van der Waals surface area contributed by atoms with Crippen LogP contribution >= 0.6 is 0 Å². The summed E-state index contributed by atoms with van der Waals surface area (Å²) in [7, 11) is 2.16. The van der Waals surface area contributed by atoms with Crippen LogP contribution in [0.3, 0.4) is 0 Å². The molecule has 2 aromatic rings. The molecule has 2 heterocycles. The Bertz CT molecular complexity index is 659. The third-order valence-electron chi connectivity index (χ3n) is 4.28. The van der Waals surface area contributed by atoms with Crippen LogP contribution in [0.15, 0.2) is 48.8 Å². The van der Waals surface area contributed by atoms with Gasteiger partial charge in [0.05, 0.1) is 0 Å². The first-order chi connectivity index (χ1) is 8.75. The molecule has 0 saturated carbocycles. The van der Waals surface area contributed by atoms with E-state index in [4.69, 9.17) is 0 Å². The Hall–Kier alpha value is -1.96. The van der Waals surface area contributed by atoms with Gasteiger partial charge in [0.15, 0.2) is 0 Å². The Kier molecular flexibility index (Phi) is 1.83. The van der Waals surface area contributed by atoms with Crippen molar-refractivity contribution in [3.63, 3.8) is 0 Å². The van der Waals surface area contributed by atoms with Gasteiger partial charge in [-0.1, -0.05) is 31.2 Å². The molecule has 0 aromatic heterocycles. The molecule has 2 aliphatic rings. The number of hydrogen-bond donors (Lipinski definition) is 0. The van der Waals surface area contributed by atoms with Gasteiger partial charge in [-0.3, -0.25) is 0 Å². The number of anilines is 1. The number of hydrogen-bond acceptors (Lipinski definition) is 2. The molecule has 0 fully saturated rings. The van der Waals surface area contributed by atoms with Crippen molar-refractivity contribution in [1.29, 1.82) is 0 Å². The van der Waals surface area contributed by atoms with Crippen LogP contribution in [-0.2, 0) is 0 Å². The summed E-state index contributed by atoms with van der Waals surface area (Å²) in [6, 6.07) is 13.3. The SMILES string of the molecule is CC1c2cc3ccccc3cc2N2C=CN(C)C12. The number of rotatable bonds is 0. The molecule has 2 unspecified atom stereocenters. The van der Waals surface area contributed by atoms with Gasteiger partial charge in [-0.15, -0.1) is 0 Å². The monoisotopic (exact) mass is 236 g/mol. The van der Waals surface area contributed by atoms with E-state index in [1.807, 2.05) is 0 Å². The first-order valence-corrected chi connectivity index (χ1v) is 6.47. The van der Waals surface area contributed by atoms with Crippen molar-refractivity contribution in [3.05, 3.63) is 54.4 Å². The minimum Gasteiger partial charge on any atom is -0.358 e. The lowest BCUT2D eigenvalue weighted by Gasteiger charge is -2.26. The van der Waals surface area contributed by atoms with Crippen molar-refractivity contribution in [2.24, 2.45) is 0 Å². The minimum atomic E-state index is 0.455. The highest BCUT2D eigenvalue weighted by Gasteiger charge is 2.39. The predicted octanol–water partition coefficient (Wildman–Crippen LogP) is 3.51. The fourth-order valence-corrected chi connectivity index (χ4v) is 3.36. The molecule has 2 aliphatic heterocycles. The van der Waals surface area contributed by atoms with E-state index < -0.39 is 0 Å². The minimum absolute atomic E-state index is 0.455. The van der Waals surface area contributed by atoms with E-state index in [1.54, 1.807) is 0 Å². The zero-order valence-corrected chi connectivity index (χ0v) is 10.7. The van der Waals surface area contributed by atoms with Crippen LogP contribution in [0.25, 0.3) is 10.8 Å². The molecule has 2 nitrogen and oxygen atoms in total. The molecule has 0 saturated heterocycles. The van der Waals surface area contributed by atoms with E-state index in [0.29, 0.717) is 12.1 Å². The maximum atomic E-state index is 2.40. The highest BCUT2D eigenvalue weighted by molar-refractivity contribution is 5.89. The Morgan fingerprint density at radius 2 is 1.72 bits per heavy atom. The summed E-state index contributed by atoms with van der Waals surface area (Å²) in [6.07, 6.45) is 4.82. The molecule has 0 bridgehead atoms. The van der Waals surface area contributed by atoms with Crippen molar-refractivity contribution < 1.29 is 0 Å². The number of fused-ring (bicyclic) bond motifs is 4. The Morgan fingerprint density at radius 3 is 2.50 bits per heavy atom. The summed E-state index contributed by atoms with van der Waals surface area (Å²) >= 11 is 0. The third-order valence-corrected chi connectivity index (χ3v) is 4.28. The van der Waals surface area contributed by atoms with Gasteiger partial charge in [0.2, 0.25) is 0 Å². The van der Waals surface area contributed by atoms with E-state index in [2.05, 4.69) is 72.6 Å². The van der Waals surface area contributed by atoms with E-state index in [9.17, 15) is 0 Å². The van der Waals surface area contributed by atoms with Crippen LogP contribution < -0.4 is 4.90 Å². The molecular weight excluding hydrogens is 220 g/mol. The number of benzene rings is 2. The van der Waals surface area contributed by atoms with Gasteiger partial charge in [0.1, 0.15) is 6.17 Å². The average molecular weight is 236 g/mol. The standard InChI is InChI=1S/C16H16N2/c1-11-14-9-12-5-3-4-6-13(12)10-15(14)18-8-7-17(2)16(11)18/h3-11,16H,1-2H3. The molecule has 2 aromatic carbocycles. The van der Waals surface area contributed by atoms with Gasteiger partial charge in [0, 0.05) is 31.1 Å². The van der Waals surface area contributed by atoms with Crippen LogP contribution in [0.1, 0.15) is 18.4 Å². The molecule has 0 N–H and O–H groups in total. The maximum Gasteiger partial charge on any atom is 0.112 e. The van der Waals surface area contributed by atoms with Crippen LogP contribution in [0.4, 0.5) is 5.69 Å². The molecular formula is C16H16N2. The summed E-state index contributed by atoms with van der Waals surface area (Å²) < 4.78 is 0. The summed E-state index contributed by atoms with van der Waals surface area (Å²) in [5, 5.41) is 2.67. The van der Waals surface area contributed by atoms with Gasteiger partial charge >= 0.3 is 0 Å². The summed E-state index contributed by atoms with van der Waals surface area (Å²) in [4.78, 5) is 4.70. The Labute approximate surface area is 107 Å². The zero-order chi connectivity index (χ0) is 12.3. The number of nitrogens with zero attached hydrogens (tertiary/aromatic N) is 2. The summed E-state index contributed by atoms with van der Waals surface area (Å²) in [5.41, 5.74) is 2.83. The van der Waals surface area contributed by atoms with Crippen molar-refractivity contribution in [2.45, 2.75) is 19.0 Å². The van der Waals surface area contributed by atoms with Crippen LogP contribution in [0.5, 0.6) is 0 Å². The van der Waals surface area contributed by atoms with Crippen molar-refractivity contribution in [3.8, 4) is 0 Å². The van der Waals surface area contributed by atoms with Gasteiger partial charge in [-0.25, -0.2) is 0 Å². The molecule has 2 heteroatoms. The fourth-order valence-electron chi connectivity index (χ4n) is 3.36. The summed E-state index contributed by atoms with van der Waals surface area (Å²) in [6.45, 7) is 2.32. The maximum absolute atomic E-state index is 2.40. The third kappa shape index (κ3) is 1.13. The van der Waals surface area contributed by atoms with E-state index in [-0.39, 0.29) is 0 Å². The lowest BCUT2D eigenvalue weighted by Crippen LogP contribution is -2.35. The second kappa shape index (κ2) is 3.29. The molecule has 0 radical (unpaired) electrons. The molecule has 0 spiro atoms. The van der Waals surface area contributed by atoms with Gasteiger partial charge in [-0.05, 0) is 28.5 Å². The molecule has 0 aliphatic carbocycles.